The highest BCUT2D eigenvalue weighted by Gasteiger charge is 2.41. The van der Waals surface area contributed by atoms with Gasteiger partial charge in [0.05, 0.1) is 12.7 Å². The Balaban J connectivity index is 1.36. The molecule has 156 valence electrons. The first-order valence-corrected chi connectivity index (χ1v) is 10.8. The highest BCUT2D eigenvalue weighted by Crippen LogP contribution is 2.32. The fourth-order valence-corrected chi connectivity index (χ4v) is 5.28. The van der Waals surface area contributed by atoms with Crippen LogP contribution in [0, 0.1) is 0 Å². The SMILES string of the molecule is COc1ccc(N2CCC(O)(CN3C[C@@H]4CCCN4C[C@@H]3CCO)CC2)cc1. The summed E-state index contributed by atoms with van der Waals surface area (Å²) in [6.45, 7) is 5.98. The summed E-state index contributed by atoms with van der Waals surface area (Å²) in [7, 11) is 1.69. The van der Waals surface area contributed by atoms with Crippen LogP contribution in [0.15, 0.2) is 24.3 Å². The summed E-state index contributed by atoms with van der Waals surface area (Å²) in [4.78, 5) is 7.42. The number of fused-ring (bicyclic) bond motifs is 1. The van der Waals surface area contributed by atoms with Gasteiger partial charge >= 0.3 is 0 Å². The molecule has 1 aromatic rings. The third kappa shape index (κ3) is 4.30. The number of anilines is 1. The molecule has 2 atom stereocenters. The molecule has 4 rings (SSSR count). The Morgan fingerprint density at radius 1 is 1.11 bits per heavy atom. The zero-order valence-corrected chi connectivity index (χ0v) is 17.1. The van der Waals surface area contributed by atoms with E-state index < -0.39 is 5.60 Å². The lowest BCUT2D eigenvalue weighted by molar-refractivity contribution is -0.0537. The molecule has 1 aromatic carbocycles. The number of β-amino-alcohol motifs (C(OH)–C–C–N with tert-alkyl or cyclic N) is 1. The third-order valence-electron chi connectivity index (χ3n) is 7.00. The minimum Gasteiger partial charge on any atom is -0.497 e. The first-order chi connectivity index (χ1) is 13.6. The first-order valence-electron chi connectivity index (χ1n) is 10.8. The topological polar surface area (TPSA) is 59.4 Å². The zero-order valence-electron chi connectivity index (χ0n) is 17.1. The van der Waals surface area contributed by atoms with Crippen LogP contribution in [0.1, 0.15) is 32.1 Å². The van der Waals surface area contributed by atoms with Gasteiger partial charge in [0.25, 0.3) is 0 Å². The van der Waals surface area contributed by atoms with E-state index >= 15 is 0 Å². The van der Waals surface area contributed by atoms with Crippen LogP contribution in [0.4, 0.5) is 5.69 Å². The van der Waals surface area contributed by atoms with Gasteiger partial charge in [-0.1, -0.05) is 0 Å². The van der Waals surface area contributed by atoms with Gasteiger partial charge in [0.2, 0.25) is 0 Å². The van der Waals surface area contributed by atoms with Crippen molar-refractivity contribution in [1.29, 1.82) is 0 Å². The maximum absolute atomic E-state index is 11.3. The number of methoxy groups -OCH3 is 1. The van der Waals surface area contributed by atoms with E-state index in [1.54, 1.807) is 7.11 Å². The summed E-state index contributed by atoms with van der Waals surface area (Å²) in [6, 6.07) is 9.19. The number of piperidine rings is 1. The minimum atomic E-state index is -0.628. The van der Waals surface area contributed by atoms with Crippen molar-refractivity contribution in [2.75, 3.05) is 57.9 Å². The van der Waals surface area contributed by atoms with Crippen LogP contribution < -0.4 is 9.64 Å². The molecule has 3 aliphatic rings. The molecule has 0 bridgehead atoms. The number of aliphatic hydroxyl groups excluding tert-OH is 1. The number of nitrogens with zero attached hydrogens (tertiary/aromatic N) is 3. The molecule has 3 heterocycles. The molecule has 0 radical (unpaired) electrons. The maximum Gasteiger partial charge on any atom is 0.119 e. The fourth-order valence-electron chi connectivity index (χ4n) is 5.28. The molecule has 0 saturated carbocycles. The Morgan fingerprint density at radius 3 is 2.54 bits per heavy atom. The molecule has 0 aromatic heterocycles. The van der Waals surface area contributed by atoms with Crippen LogP contribution >= 0.6 is 0 Å². The van der Waals surface area contributed by atoms with Crippen molar-refractivity contribution < 1.29 is 14.9 Å². The van der Waals surface area contributed by atoms with Crippen molar-refractivity contribution in [2.45, 2.75) is 49.8 Å². The van der Waals surface area contributed by atoms with Gasteiger partial charge in [-0.05, 0) is 62.9 Å². The summed E-state index contributed by atoms with van der Waals surface area (Å²) < 4.78 is 5.25. The average Bonchev–Trinajstić information content (AvgIpc) is 3.16. The van der Waals surface area contributed by atoms with Gasteiger partial charge in [-0.3, -0.25) is 9.80 Å². The van der Waals surface area contributed by atoms with Crippen molar-refractivity contribution in [3.8, 4) is 5.75 Å². The van der Waals surface area contributed by atoms with Gasteiger partial charge in [-0.2, -0.15) is 0 Å². The lowest BCUT2D eigenvalue weighted by Crippen LogP contribution is -2.61. The first kappa shape index (κ1) is 20.0. The third-order valence-corrected chi connectivity index (χ3v) is 7.00. The molecule has 0 spiro atoms. The van der Waals surface area contributed by atoms with Crippen LogP contribution in [0.25, 0.3) is 0 Å². The van der Waals surface area contributed by atoms with Gasteiger partial charge in [0.15, 0.2) is 0 Å². The monoisotopic (exact) mass is 389 g/mol. The normalized spacial score (nSPS) is 28.3. The van der Waals surface area contributed by atoms with Crippen molar-refractivity contribution in [2.24, 2.45) is 0 Å². The Morgan fingerprint density at radius 2 is 1.86 bits per heavy atom. The lowest BCUT2D eigenvalue weighted by Gasteiger charge is -2.48. The average molecular weight is 390 g/mol. The molecule has 28 heavy (non-hydrogen) atoms. The van der Waals surface area contributed by atoms with Crippen molar-refractivity contribution in [3.63, 3.8) is 0 Å². The van der Waals surface area contributed by atoms with E-state index in [1.807, 2.05) is 12.1 Å². The fraction of sp³-hybridized carbons (Fsp3) is 0.727. The molecule has 3 fully saturated rings. The van der Waals surface area contributed by atoms with Crippen LogP contribution in [0.5, 0.6) is 5.75 Å². The lowest BCUT2D eigenvalue weighted by atomic mass is 9.89. The van der Waals surface area contributed by atoms with Gasteiger partial charge in [-0.25, -0.2) is 0 Å². The number of piperazine rings is 1. The Labute approximate surface area is 168 Å². The Bertz CT molecular complexity index is 630. The molecular weight excluding hydrogens is 354 g/mol. The molecule has 3 saturated heterocycles. The second-order valence-corrected chi connectivity index (χ2v) is 8.80. The van der Waals surface area contributed by atoms with Gasteiger partial charge in [0, 0.05) is 57.1 Å². The van der Waals surface area contributed by atoms with E-state index in [0.29, 0.717) is 12.1 Å². The van der Waals surface area contributed by atoms with Crippen molar-refractivity contribution in [1.82, 2.24) is 9.80 Å². The minimum absolute atomic E-state index is 0.226. The molecule has 6 nitrogen and oxygen atoms in total. The van der Waals surface area contributed by atoms with Gasteiger partial charge < -0.3 is 19.8 Å². The predicted molar refractivity (Wildman–Crippen MR) is 111 cm³/mol. The van der Waals surface area contributed by atoms with Gasteiger partial charge in [-0.15, -0.1) is 0 Å². The number of hydrogen-bond donors (Lipinski definition) is 2. The van der Waals surface area contributed by atoms with E-state index in [9.17, 15) is 10.2 Å². The standard InChI is InChI=1S/C22H35N3O3/c1-28-21-6-4-18(5-7-21)23-12-9-22(27,10-13-23)17-25-16-19-3-2-11-24(19)15-20(25)8-14-26/h4-7,19-20,26-27H,2-3,8-17H2,1H3/t19-,20-/m0/s1. The van der Waals surface area contributed by atoms with Crippen molar-refractivity contribution in [3.05, 3.63) is 24.3 Å². The molecule has 0 aliphatic carbocycles. The quantitative estimate of drug-likeness (QED) is 0.770. The van der Waals surface area contributed by atoms with Crippen molar-refractivity contribution >= 4 is 5.69 Å². The van der Waals surface area contributed by atoms with E-state index in [1.165, 1.54) is 25.1 Å². The van der Waals surface area contributed by atoms with Crippen LogP contribution in [0.2, 0.25) is 0 Å². The second kappa shape index (κ2) is 8.57. The van der Waals surface area contributed by atoms with Crippen LogP contribution in [0.3, 0.4) is 0 Å². The molecule has 6 heteroatoms. The van der Waals surface area contributed by atoms with Gasteiger partial charge in [0.1, 0.15) is 5.75 Å². The summed E-state index contributed by atoms with van der Waals surface area (Å²) in [5, 5.41) is 20.9. The number of ether oxygens (including phenoxy) is 1. The Kier molecular flexibility index (Phi) is 6.11. The highest BCUT2D eigenvalue weighted by molar-refractivity contribution is 5.49. The predicted octanol–water partition coefficient (Wildman–Crippen LogP) is 1.56. The van der Waals surface area contributed by atoms with E-state index in [4.69, 9.17) is 4.74 Å². The number of hydrogen-bond acceptors (Lipinski definition) is 6. The number of aliphatic hydroxyl groups is 2. The summed E-state index contributed by atoms with van der Waals surface area (Å²) in [6.07, 6.45) is 4.93. The molecule has 3 aliphatic heterocycles. The molecular formula is C22H35N3O3. The second-order valence-electron chi connectivity index (χ2n) is 8.80. The molecule has 0 amide bonds. The highest BCUT2D eigenvalue weighted by atomic mass is 16.5. The molecule has 0 unspecified atom stereocenters. The van der Waals surface area contributed by atoms with E-state index in [-0.39, 0.29) is 6.61 Å². The van der Waals surface area contributed by atoms with Crippen LogP contribution in [-0.4, -0.2) is 90.7 Å². The summed E-state index contributed by atoms with van der Waals surface area (Å²) in [5.41, 5.74) is 0.567. The smallest absolute Gasteiger partial charge is 0.119 e. The summed E-state index contributed by atoms with van der Waals surface area (Å²) in [5.74, 6) is 0.873. The van der Waals surface area contributed by atoms with E-state index in [0.717, 1.165) is 57.7 Å². The largest absolute Gasteiger partial charge is 0.497 e. The van der Waals surface area contributed by atoms with Crippen LogP contribution in [-0.2, 0) is 0 Å². The van der Waals surface area contributed by atoms with E-state index in [2.05, 4.69) is 26.8 Å². The zero-order chi connectivity index (χ0) is 19.6. The maximum atomic E-state index is 11.3. The summed E-state index contributed by atoms with van der Waals surface area (Å²) >= 11 is 0. The molecule has 2 N–H and O–H groups in total. The number of rotatable bonds is 6. The Hall–Kier alpha value is -1.34. The number of benzene rings is 1.